The van der Waals surface area contributed by atoms with Gasteiger partial charge in [-0.2, -0.15) is 5.10 Å². The van der Waals surface area contributed by atoms with Gasteiger partial charge < -0.3 is 10.1 Å². The molecule has 0 spiro atoms. The Morgan fingerprint density at radius 2 is 1.71 bits per heavy atom. The van der Waals surface area contributed by atoms with Crippen LogP contribution in [0, 0.1) is 0 Å². The zero-order chi connectivity index (χ0) is 19.9. The number of hydrogen-bond acceptors (Lipinski definition) is 5. The number of carbonyl (C=O) groups is 3. The Morgan fingerprint density at radius 3 is 2.39 bits per heavy atom. The van der Waals surface area contributed by atoms with Crippen LogP contribution in [-0.4, -0.2) is 47.7 Å². The molecule has 2 aromatic carbocycles. The SMILES string of the molecule is C[C@@H](NC(=O)c1ccccc1)C(=O)OCC(=O)N1CCC(c2ccccc2)=N1. The molecule has 3 rings (SSSR count). The van der Waals surface area contributed by atoms with Crippen molar-refractivity contribution in [2.75, 3.05) is 13.2 Å². The molecule has 1 heterocycles. The van der Waals surface area contributed by atoms with Crippen LogP contribution in [0.3, 0.4) is 0 Å². The van der Waals surface area contributed by atoms with Crippen LogP contribution in [0.2, 0.25) is 0 Å². The minimum atomic E-state index is -0.873. The van der Waals surface area contributed by atoms with Crippen LogP contribution in [0.4, 0.5) is 0 Å². The molecule has 0 unspecified atom stereocenters. The second-order valence-electron chi connectivity index (χ2n) is 6.35. The number of hydrazone groups is 1. The van der Waals surface area contributed by atoms with Gasteiger partial charge in [-0.1, -0.05) is 48.5 Å². The van der Waals surface area contributed by atoms with Crippen molar-refractivity contribution >= 4 is 23.5 Å². The first-order valence-corrected chi connectivity index (χ1v) is 9.00. The van der Waals surface area contributed by atoms with E-state index in [-0.39, 0.29) is 5.91 Å². The van der Waals surface area contributed by atoms with E-state index in [2.05, 4.69) is 10.4 Å². The highest BCUT2D eigenvalue weighted by Gasteiger charge is 2.24. The van der Waals surface area contributed by atoms with E-state index in [0.29, 0.717) is 18.5 Å². The summed E-state index contributed by atoms with van der Waals surface area (Å²) in [6, 6.07) is 17.3. The fraction of sp³-hybridized carbons (Fsp3) is 0.238. The van der Waals surface area contributed by atoms with Gasteiger partial charge >= 0.3 is 5.97 Å². The van der Waals surface area contributed by atoms with Gasteiger partial charge in [0.25, 0.3) is 11.8 Å². The van der Waals surface area contributed by atoms with Crippen molar-refractivity contribution in [2.45, 2.75) is 19.4 Å². The molecule has 1 aliphatic heterocycles. The summed E-state index contributed by atoms with van der Waals surface area (Å²) in [5.41, 5.74) is 2.23. The Labute approximate surface area is 163 Å². The number of esters is 1. The normalized spacial score (nSPS) is 14.2. The highest BCUT2D eigenvalue weighted by atomic mass is 16.5. The van der Waals surface area contributed by atoms with E-state index >= 15 is 0 Å². The molecule has 0 fully saturated rings. The molecule has 0 radical (unpaired) electrons. The summed E-state index contributed by atoms with van der Waals surface area (Å²) < 4.78 is 5.04. The second kappa shape index (κ2) is 8.94. The standard InChI is InChI=1S/C21H21N3O4/c1-15(22-20(26)17-10-6-3-7-11-17)21(27)28-14-19(25)24-13-12-18(23-24)16-8-4-2-5-9-16/h2-11,15H,12-14H2,1H3,(H,22,26)/t15-/m1/s1. The molecular formula is C21H21N3O4. The molecule has 1 atom stereocenters. The van der Waals surface area contributed by atoms with Gasteiger partial charge in [-0.25, -0.2) is 9.80 Å². The molecule has 28 heavy (non-hydrogen) atoms. The summed E-state index contributed by atoms with van der Waals surface area (Å²) >= 11 is 0. The minimum Gasteiger partial charge on any atom is -0.454 e. The first-order valence-electron chi connectivity index (χ1n) is 9.00. The van der Waals surface area contributed by atoms with Crippen molar-refractivity contribution in [3.05, 3.63) is 71.8 Å². The van der Waals surface area contributed by atoms with E-state index in [0.717, 1.165) is 11.3 Å². The number of amides is 2. The van der Waals surface area contributed by atoms with E-state index in [1.165, 1.54) is 11.9 Å². The lowest BCUT2D eigenvalue weighted by atomic mass is 10.1. The quantitative estimate of drug-likeness (QED) is 0.778. The fourth-order valence-electron chi connectivity index (χ4n) is 2.73. The van der Waals surface area contributed by atoms with Crippen molar-refractivity contribution in [1.29, 1.82) is 0 Å². The van der Waals surface area contributed by atoms with Crippen molar-refractivity contribution in [1.82, 2.24) is 10.3 Å². The molecule has 0 aromatic heterocycles. The smallest absolute Gasteiger partial charge is 0.328 e. The molecule has 1 aliphatic rings. The Bertz CT molecular complexity index is 881. The summed E-state index contributed by atoms with van der Waals surface area (Å²) in [7, 11) is 0. The van der Waals surface area contributed by atoms with Crippen molar-refractivity contribution in [3.8, 4) is 0 Å². The van der Waals surface area contributed by atoms with E-state index < -0.39 is 24.5 Å². The molecule has 0 aliphatic carbocycles. The summed E-state index contributed by atoms with van der Waals surface area (Å²) in [6.07, 6.45) is 0.646. The first-order chi connectivity index (χ1) is 13.5. The van der Waals surface area contributed by atoms with Crippen LogP contribution in [0.5, 0.6) is 0 Å². The summed E-state index contributed by atoms with van der Waals surface area (Å²) in [4.78, 5) is 36.4. The molecule has 2 amide bonds. The van der Waals surface area contributed by atoms with Crippen LogP contribution in [0.15, 0.2) is 65.8 Å². The van der Waals surface area contributed by atoms with E-state index in [4.69, 9.17) is 4.74 Å². The number of carbonyl (C=O) groups excluding carboxylic acids is 3. The average molecular weight is 379 g/mol. The topological polar surface area (TPSA) is 88.1 Å². The van der Waals surface area contributed by atoms with Gasteiger partial charge in [0.2, 0.25) is 0 Å². The Morgan fingerprint density at radius 1 is 1.07 bits per heavy atom. The average Bonchev–Trinajstić information content (AvgIpc) is 3.23. The lowest BCUT2D eigenvalue weighted by molar-refractivity contribution is -0.153. The van der Waals surface area contributed by atoms with E-state index in [9.17, 15) is 14.4 Å². The van der Waals surface area contributed by atoms with Crippen LogP contribution in [0.1, 0.15) is 29.3 Å². The summed E-state index contributed by atoms with van der Waals surface area (Å²) in [6.45, 7) is 1.53. The highest BCUT2D eigenvalue weighted by molar-refractivity contribution is 6.02. The number of ether oxygens (including phenoxy) is 1. The highest BCUT2D eigenvalue weighted by Crippen LogP contribution is 2.13. The Hall–Kier alpha value is -3.48. The number of hydrogen-bond donors (Lipinski definition) is 1. The number of nitrogens with zero attached hydrogens (tertiary/aromatic N) is 2. The van der Waals surface area contributed by atoms with Crippen LogP contribution in [0.25, 0.3) is 0 Å². The Balaban J connectivity index is 1.48. The molecular weight excluding hydrogens is 358 g/mol. The molecule has 144 valence electrons. The zero-order valence-corrected chi connectivity index (χ0v) is 15.5. The maximum absolute atomic E-state index is 12.2. The minimum absolute atomic E-state index is 0.381. The van der Waals surface area contributed by atoms with Crippen LogP contribution >= 0.6 is 0 Å². The van der Waals surface area contributed by atoms with Gasteiger partial charge in [-0.3, -0.25) is 9.59 Å². The molecule has 7 nitrogen and oxygen atoms in total. The first kappa shape index (κ1) is 19.3. The lowest BCUT2D eigenvalue weighted by Crippen LogP contribution is -2.40. The molecule has 0 bridgehead atoms. The monoisotopic (exact) mass is 379 g/mol. The van der Waals surface area contributed by atoms with Crippen LogP contribution in [-0.2, 0) is 14.3 Å². The molecule has 1 N–H and O–H groups in total. The third-order valence-electron chi connectivity index (χ3n) is 4.27. The van der Waals surface area contributed by atoms with E-state index in [1.807, 2.05) is 30.3 Å². The van der Waals surface area contributed by atoms with Gasteiger partial charge in [0, 0.05) is 12.0 Å². The van der Waals surface area contributed by atoms with Gasteiger partial charge in [-0.05, 0) is 24.6 Å². The van der Waals surface area contributed by atoms with E-state index in [1.54, 1.807) is 30.3 Å². The largest absolute Gasteiger partial charge is 0.454 e. The molecule has 0 saturated carbocycles. The third kappa shape index (κ3) is 4.82. The number of rotatable bonds is 6. The third-order valence-corrected chi connectivity index (χ3v) is 4.27. The lowest BCUT2D eigenvalue weighted by Gasteiger charge is -2.15. The van der Waals surface area contributed by atoms with Crippen molar-refractivity contribution in [3.63, 3.8) is 0 Å². The van der Waals surface area contributed by atoms with Gasteiger partial charge in [0.15, 0.2) is 6.61 Å². The number of nitrogens with one attached hydrogen (secondary N) is 1. The van der Waals surface area contributed by atoms with Gasteiger partial charge in [-0.15, -0.1) is 0 Å². The summed E-state index contributed by atoms with van der Waals surface area (Å²) in [5, 5.41) is 8.17. The predicted molar refractivity (Wildman–Crippen MR) is 104 cm³/mol. The fourth-order valence-corrected chi connectivity index (χ4v) is 2.73. The summed E-state index contributed by atoms with van der Waals surface area (Å²) in [5.74, 6) is -1.46. The second-order valence-corrected chi connectivity index (χ2v) is 6.35. The zero-order valence-electron chi connectivity index (χ0n) is 15.5. The predicted octanol–water partition coefficient (Wildman–Crippen LogP) is 1.98. The molecule has 2 aromatic rings. The molecule has 0 saturated heterocycles. The van der Waals surface area contributed by atoms with Gasteiger partial charge in [0.1, 0.15) is 6.04 Å². The van der Waals surface area contributed by atoms with Crippen molar-refractivity contribution < 1.29 is 19.1 Å². The van der Waals surface area contributed by atoms with Crippen LogP contribution < -0.4 is 5.32 Å². The maximum Gasteiger partial charge on any atom is 0.328 e. The maximum atomic E-state index is 12.2. The Kier molecular flexibility index (Phi) is 6.16. The molecule has 7 heteroatoms. The van der Waals surface area contributed by atoms with Crippen molar-refractivity contribution in [2.24, 2.45) is 5.10 Å². The number of benzene rings is 2. The van der Waals surface area contributed by atoms with Gasteiger partial charge in [0.05, 0.1) is 12.3 Å².